The molecule has 0 aliphatic rings. The fraction of sp³-hybridized carbons (Fsp3) is 0.353. The molecule has 1 aromatic heterocycles. The molecule has 0 radical (unpaired) electrons. The van der Waals surface area contributed by atoms with Crippen molar-refractivity contribution in [3.8, 4) is 0 Å². The molecule has 0 saturated carbocycles. The van der Waals surface area contributed by atoms with Gasteiger partial charge >= 0.3 is 0 Å². The van der Waals surface area contributed by atoms with Crippen molar-refractivity contribution in [2.24, 2.45) is 0 Å². The number of aromatic amines is 1. The van der Waals surface area contributed by atoms with Crippen LogP contribution in [0.15, 0.2) is 36.5 Å². The van der Waals surface area contributed by atoms with E-state index in [1.807, 2.05) is 48.3 Å². The van der Waals surface area contributed by atoms with E-state index in [2.05, 4.69) is 31.1 Å². The molecule has 4 heteroatoms. The summed E-state index contributed by atoms with van der Waals surface area (Å²) in [7, 11) is 0. The number of rotatable bonds is 5. The first-order chi connectivity index (χ1) is 9.96. The molecule has 2 N–H and O–H groups in total. The average Bonchev–Trinajstić information content (AvgIpc) is 2.84. The quantitative estimate of drug-likeness (QED) is 0.651. The van der Waals surface area contributed by atoms with E-state index in [0.29, 0.717) is 6.54 Å². The number of hydrogen-bond donors (Lipinski definition) is 2. The van der Waals surface area contributed by atoms with Crippen LogP contribution < -0.4 is 5.32 Å². The lowest BCUT2D eigenvalue weighted by Crippen LogP contribution is -2.25. The van der Waals surface area contributed by atoms with Gasteiger partial charge in [-0.05, 0) is 17.7 Å². The molecule has 0 aliphatic carbocycles. The second-order valence-electron chi connectivity index (χ2n) is 5.87. The summed E-state index contributed by atoms with van der Waals surface area (Å²) in [6, 6.07) is 8.06. The minimum Gasteiger partial charge on any atom is -0.361 e. The summed E-state index contributed by atoms with van der Waals surface area (Å²) < 4.78 is 0.241. The lowest BCUT2D eigenvalue weighted by molar-refractivity contribution is -0.116. The number of fused-ring (bicyclic) bond motifs is 1. The molecule has 0 spiro atoms. The molecule has 0 bridgehead atoms. The molecule has 0 atom stereocenters. The van der Waals surface area contributed by atoms with Gasteiger partial charge in [-0.1, -0.05) is 39.0 Å². The molecule has 1 heterocycles. The third kappa shape index (κ3) is 4.97. The monoisotopic (exact) mass is 302 g/mol. The van der Waals surface area contributed by atoms with E-state index in [-0.39, 0.29) is 10.7 Å². The van der Waals surface area contributed by atoms with Gasteiger partial charge in [0.2, 0.25) is 5.91 Å². The molecule has 0 saturated heterocycles. The summed E-state index contributed by atoms with van der Waals surface area (Å²) in [4.78, 5) is 15.0. The van der Waals surface area contributed by atoms with Crippen LogP contribution in [0.5, 0.6) is 0 Å². The van der Waals surface area contributed by atoms with Crippen molar-refractivity contribution in [2.75, 3.05) is 12.3 Å². The number of nitrogens with one attached hydrogen (secondary N) is 2. The second-order valence-corrected chi connectivity index (χ2v) is 7.80. The second kappa shape index (κ2) is 6.85. The van der Waals surface area contributed by atoms with Crippen LogP contribution in [0.25, 0.3) is 17.0 Å². The predicted molar refractivity (Wildman–Crippen MR) is 92.6 cm³/mol. The normalized spacial score (nSPS) is 12.1. The van der Waals surface area contributed by atoms with Gasteiger partial charge < -0.3 is 10.3 Å². The number of amides is 1. The summed E-state index contributed by atoms with van der Waals surface area (Å²) in [6.45, 7) is 7.22. The lowest BCUT2D eigenvalue weighted by Gasteiger charge is -2.17. The van der Waals surface area contributed by atoms with Gasteiger partial charge in [0.25, 0.3) is 0 Å². The Morgan fingerprint density at radius 3 is 2.86 bits per heavy atom. The van der Waals surface area contributed by atoms with E-state index >= 15 is 0 Å². The van der Waals surface area contributed by atoms with Crippen LogP contribution in [0.4, 0.5) is 0 Å². The molecule has 2 rings (SSSR count). The summed E-state index contributed by atoms with van der Waals surface area (Å²) in [5.41, 5.74) is 2.11. The van der Waals surface area contributed by atoms with E-state index in [4.69, 9.17) is 0 Å². The average molecular weight is 302 g/mol. The largest absolute Gasteiger partial charge is 0.361 e. The topological polar surface area (TPSA) is 44.9 Å². The van der Waals surface area contributed by atoms with Crippen molar-refractivity contribution in [2.45, 2.75) is 25.5 Å². The molecule has 2 aromatic rings. The molecular formula is C17H22N2OS. The van der Waals surface area contributed by atoms with Crippen LogP contribution in [-0.2, 0) is 4.79 Å². The third-order valence-corrected chi connectivity index (χ3v) is 4.25. The number of carbonyl (C=O) groups excluding carboxylic acids is 1. The Kier molecular flexibility index (Phi) is 5.12. The summed E-state index contributed by atoms with van der Waals surface area (Å²) in [5, 5.41) is 4.04. The lowest BCUT2D eigenvalue weighted by atomic mass is 10.1. The van der Waals surface area contributed by atoms with E-state index in [0.717, 1.165) is 22.2 Å². The summed E-state index contributed by atoms with van der Waals surface area (Å²) >= 11 is 1.85. The Hall–Kier alpha value is -1.68. The van der Waals surface area contributed by atoms with Crippen LogP contribution in [0.2, 0.25) is 0 Å². The highest BCUT2D eigenvalue weighted by Crippen LogP contribution is 2.22. The highest BCUT2D eigenvalue weighted by atomic mass is 32.2. The molecular weight excluding hydrogens is 280 g/mol. The molecule has 1 aromatic carbocycles. The maximum absolute atomic E-state index is 11.8. The predicted octanol–water partition coefficient (Wildman–Crippen LogP) is 3.83. The van der Waals surface area contributed by atoms with E-state index in [1.165, 1.54) is 0 Å². The third-order valence-electron chi connectivity index (χ3n) is 2.97. The number of aromatic nitrogens is 1. The van der Waals surface area contributed by atoms with Crippen LogP contribution in [-0.4, -0.2) is 27.9 Å². The first-order valence-electron chi connectivity index (χ1n) is 7.12. The summed E-state index contributed by atoms with van der Waals surface area (Å²) in [5.74, 6) is 0.880. The fourth-order valence-electron chi connectivity index (χ4n) is 1.99. The van der Waals surface area contributed by atoms with Crippen LogP contribution >= 0.6 is 11.8 Å². The van der Waals surface area contributed by atoms with Gasteiger partial charge in [-0.15, -0.1) is 0 Å². The van der Waals surface area contributed by atoms with Crippen molar-refractivity contribution in [3.63, 3.8) is 0 Å². The van der Waals surface area contributed by atoms with Crippen LogP contribution in [0.1, 0.15) is 26.3 Å². The Morgan fingerprint density at radius 2 is 2.10 bits per heavy atom. The molecule has 1 amide bonds. The van der Waals surface area contributed by atoms with Gasteiger partial charge in [0.1, 0.15) is 0 Å². The van der Waals surface area contributed by atoms with Gasteiger partial charge in [0, 0.05) is 40.2 Å². The number of H-pyrrole nitrogens is 1. The highest BCUT2D eigenvalue weighted by Gasteiger charge is 2.09. The van der Waals surface area contributed by atoms with Crippen LogP contribution in [0, 0.1) is 0 Å². The zero-order chi connectivity index (χ0) is 15.3. The van der Waals surface area contributed by atoms with Gasteiger partial charge in [-0.3, -0.25) is 4.79 Å². The van der Waals surface area contributed by atoms with E-state index < -0.39 is 0 Å². The minimum absolute atomic E-state index is 0.0465. The molecule has 112 valence electrons. The van der Waals surface area contributed by atoms with Crippen molar-refractivity contribution < 1.29 is 4.79 Å². The van der Waals surface area contributed by atoms with Crippen molar-refractivity contribution in [1.82, 2.24) is 10.3 Å². The van der Waals surface area contributed by atoms with Gasteiger partial charge in [-0.2, -0.15) is 11.8 Å². The molecule has 3 nitrogen and oxygen atoms in total. The number of hydrogen-bond acceptors (Lipinski definition) is 2. The number of para-hydroxylation sites is 1. The van der Waals surface area contributed by atoms with Crippen molar-refractivity contribution >= 4 is 34.6 Å². The fourth-order valence-corrected chi connectivity index (χ4v) is 2.80. The van der Waals surface area contributed by atoms with E-state index in [1.54, 1.807) is 6.08 Å². The maximum Gasteiger partial charge on any atom is 0.244 e. The Balaban J connectivity index is 1.85. The SMILES string of the molecule is CC(C)(C)SCCNC(=O)C=Cc1c[nH]c2ccccc12. The zero-order valence-corrected chi connectivity index (χ0v) is 13.6. The van der Waals surface area contributed by atoms with Crippen molar-refractivity contribution in [3.05, 3.63) is 42.1 Å². The summed E-state index contributed by atoms with van der Waals surface area (Å²) in [6.07, 6.45) is 5.37. The molecule has 0 aliphatic heterocycles. The molecule has 21 heavy (non-hydrogen) atoms. The Bertz CT molecular complexity index is 638. The standard InChI is InChI=1S/C17H22N2OS/c1-17(2,3)21-11-10-18-16(20)9-8-13-12-19-15-7-5-4-6-14(13)15/h4-9,12,19H,10-11H2,1-3H3,(H,18,20). The highest BCUT2D eigenvalue weighted by molar-refractivity contribution is 8.00. The number of benzene rings is 1. The zero-order valence-electron chi connectivity index (χ0n) is 12.8. The number of thioether (sulfide) groups is 1. The molecule has 0 unspecified atom stereocenters. The van der Waals surface area contributed by atoms with Gasteiger partial charge in [0.05, 0.1) is 0 Å². The Labute approximate surface area is 130 Å². The molecule has 0 fully saturated rings. The van der Waals surface area contributed by atoms with E-state index in [9.17, 15) is 4.79 Å². The minimum atomic E-state index is -0.0465. The first-order valence-corrected chi connectivity index (χ1v) is 8.10. The smallest absolute Gasteiger partial charge is 0.244 e. The van der Waals surface area contributed by atoms with Crippen LogP contribution in [0.3, 0.4) is 0 Å². The van der Waals surface area contributed by atoms with Crippen molar-refractivity contribution in [1.29, 1.82) is 0 Å². The first kappa shape index (κ1) is 15.7. The van der Waals surface area contributed by atoms with Gasteiger partial charge in [-0.25, -0.2) is 0 Å². The maximum atomic E-state index is 11.8. The Morgan fingerprint density at radius 1 is 1.33 bits per heavy atom. The van der Waals surface area contributed by atoms with Gasteiger partial charge in [0.15, 0.2) is 0 Å². The number of carbonyl (C=O) groups is 1.